The lowest BCUT2D eigenvalue weighted by Crippen LogP contribution is -2.54. The molecular weight excluding hydrogens is 450 g/mol. The summed E-state index contributed by atoms with van der Waals surface area (Å²) in [6.45, 7) is 3.46. The van der Waals surface area contributed by atoms with Gasteiger partial charge in [-0.1, -0.05) is 18.2 Å². The highest BCUT2D eigenvalue weighted by Crippen LogP contribution is 2.21. The smallest absolute Gasteiger partial charge is 0.328 e. The number of esters is 1. The van der Waals surface area contributed by atoms with E-state index in [4.69, 9.17) is 10.1 Å². The van der Waals surface area contributed by atoms with Gasteiger partial charge in [-0.2, -0.15) is 0 Å². The van der Waals surface area contributed by atoms with Crippen LogP contribution in [0.3, 0.4) is 0 Å². The quantitative estimate of drug-likeness (QED) is 0.288. The largest absolute Gasteiger partial charge is 0.461 e. The number of amides is 2. The van der Waals surface area contributed by atoms with Crippen molar-refractivity contribution in [1.29, 1.82) is 5.41 Å². The zero-order valence-corrected chi connectivity index (χ0v) is 21.0. The van der Waals surface area contributed by atoms with Crippen LogP contribution in [0, 0.1) is 5.41 Å². The van der Waals surface area contributed by atoms with Gasteiger partial charge in [-0.15, -0.1) is 0 Å². The fourth-order valence-corrected chi connectivity index (χ4v) is 3.74. The summed E-state index contributed by atoms with van der Waals surface area (Å²) < 4.78 is 7.20. The Morgan fingerprint density at radius 1 is 1.11 bits per heavy atom. The fourth-order valence-electron chi connectivity index (χ4n) is 3.74. The molecule has 3 N–H and O–H groups in total. The molecule has 0 aliphatic carbocycles. The average Bonchev–Trinajstić information content (AvgIpc) is 3.10. The Morgan fingerprint density at radius 3 is 2.43 bits per heavy atom. The minimum atomic E-state index is -1.09. The number of hydrogen-bond acceptors (Lipinski definition) is 7. The third-order valence-electron chi connectivity index (χ3n) is 5.31. The maximum atomic E-state index is 13.3. The number of carbonyl (C=O) groups excluding carboxylic acids is 4. The van der Waals surface area contributed by atoms with Crippen molar-refractivity contribution < 1.29 is 23.9 Å². The Morgan fingerprint density at radius 2 is 1.80 bits per heavy atom. The molecule has 35 heavy (non-hydrogen) atoms. The standard InChI is InChI=1S/C25H35N5O5/c1-16(2)35-25(34)20(11-10-18(31)13-26)28-24(33)21(27-23(32)15-29(3)4)12-17-14-30(5)22-9-7-6-8-19(17)22/h6-9,13-14,16,20-21,26H,10-12,15H2,1-5H3,(H,27,32)(H,28,33)/t20-,21-/m0/s1. The molecule has 2 aromatic rings. The number of Topliss-reactive ketones (excluding diaryl/α,β-unsaturated/α-hetero) is 1. The molecule has 0 saturated heterocycles. The summed E-state index contributed by atoms with van der Waals surface area (Å²) in [5.41, 5.74) is 1.86. The molecule has 0 fully saturated rings. The van der Waals surface area contributed by atoms with Crippen LogP contribution in [0.5, 0.6) is 0 Å². The number of hydrogen-bond donors (Lipinski definition) is 3. The van der Waals surface area contributed by atoms with E-state index >= 15 is 0 Å². The topological polar surface area (TPSA) is 134 Å². The molecule has 2 rings (SSSR count). The number of para-hydroxylation sites is 1. The Balaban J connectivity index is 2.30. The van der Waals surface area contributed by atoms with Gasteiger partial charge in [0.15, 0.2) is 5.78 Å². The molecule has 190 valence electrons. The van der Waals surface area contributed by atoms with Crippen molar-refractivity contribution in [3.05, 3.63) is 36.0 Å². The van der Waals surface area contributed by atoms with E-state index in [-0.39, 0.29) is 31.7 Å². The number of carbonyl (C=O) groups is 4. The molecular formula is C25H35N5O5. The molecule has 0 aliphatic heterocycles. The van der Waals surface area contributed by atoms with E-state index in [0.29, 0.717) is 6.21 Å². The Kier molecular flexibility index (Phi) is 10.1. The van der Waals surface area contributed by atoms with E-state index in [1.54, 1.807) is 32.8 Å². The van der Waals surface area contributed by atoms with Crippen molar-refractivity contribution in [3.63, 3.8) is 0 Å². The molecule has 0 unspecified atom stereocenters. The summed E-state index contributed by atoms with van der Waals surface area (Å²) in [6.07, 6.45) is 2.28. The van der Waals surface area contributed by atoms with Crippen molar-refractivity contribution in [3.8, 4) is 0 Å². The first kappa shape index (κ1) is 27.7. The number of rotatable bonds is 13. The van der Waals surface area contributed by atoms with Gasteiger partial charge < -0.3 is 30.2 Å². The first-order chi connectivity index (χ1) is 16.5. The first-order valence-corrected chi connectivity index (χ1v) is 11.5. The molecule has 0 aliphatic rings. The van der Waals surface area contributed by atoms with E-state index in [1.807, 2.05) is 42.1 Å². The van der Waals surface area contributed by atoms with Gasteiger partial charge in [0.2, 0.25) is 11.8 Å². The third-order valence-corrected chi connectivity index (χ3v) is 5.31. The van der Waals surface area contributed by atoms with Crippen molar-refractivity contribution in [2.45, 2.75) is 51.3 Å². The molecule has 1 aromatic heterocycles. The number of nitrogens with zero attached hydrogens (tertiary/aromatic N) is 2. The van der Waals surface area contributed by atoms with E-state index in [9.17, 15) is 19.2 Å². The minimum absolute atomic E-state index is 0.0157. The number of ketones is 1. The molecule has 0 radical (unpaired) electrons. The van der Waals surface area contributed by atoms with Gasteiger partial charge in [0, 0.05) is 37.0 Å². The fraction of sp³-hybridized carbons (Fsp3) is 0.480. The zero-order chi connectivity index (χ0) is 26.1. The first-order valence-electron chi connectivity index (χ1n) is 11.5. The second-order valence-electron chi connectivity index (χ2n) is 9.04. The van der Waals surface area contributed by atoms with Gasteiger partial charge in [-0.3, -0.25) is 14.4 Å². The number of ether oxygens (including phenoxy) is 1. The molecule has 10 nitrogen and oxygen atoms in total. The number of benzene rings is 1. The lowest BCUT2D eigenvalue weighted by atomic mass is 10.0. The minimum Gasteiger partial charge on any atom is -0.461 e. The summed E-state index contributed by atoms with van der Waals surface area (Å²) in [7, 11) is 5.40. The van der Waals surface area contributed by atoms with Crippen molar-refractivity contribution >= 4 is 40.7 Å². The average molecular weight is 486 g/mol. The van der Waals surface area contributed by atoms with Gasteiger partial charge >= 0.3 is 5.97 Å². The maximum Gasteiger partial charge on any atom is 0.328 e. The highest BCUT2D eigenvalue weighted by Gasteiger charge is 2.29. The van der Waals surface area contributed by atoms with Crippen LogP contribution in [0.15, 0.2) is 30.5 Å². The summed E-state index contributed by atoms with van der Waals surface area (Å²) in [4.78, 5) is 51.8. The lowest BCUT2D eigenvalue weighted by molar-refractivity contribution is -0.151. The number of likely N-dealkylation sites (N-methyl/N-ethyl adjacent to an activating group) is 1. The van der Waals surface area contributed by atoms with Crippen molar-refractivity contribution in [2.75, 3.05) is 20.6 Å². The van der Waals surface area contributed by atoms with Crippen molar-refractivity contribution in [1.82, 2.24) is 20.1 Å². The van der Waals surface area contributed by atoms with Gasteiger partial charge in [0.1, 0.15) is 12.1 Å². The van der Waals surface area contributed by atoms with Gasteiger partial charge in [-0.05, 0) is 46.0 Å². The van der Waals surface area contributed by atoms with E-state index in [2.05, 4.69) is 10.6 Å². The van der Waals surface area contributed by atoms with Crippen LogP contribution in [0.25, 0.3) is 10.9 Å². The predicted molar refractivity (Wildman–Crippen MR) is 133 cm³/mol. The number of aromatic nitrogens is 1. The molecule has 0 saturated carbocycles. The summed E-state index contributed by atoms with van der Waals surface area (Å²) in [6, 6.07) is 5.71. The second kappa shape index (κ2) is 12.8. The normalized spacial score (nSPS) is 12.9. The van der Waals surface area contributed by atoms with E-state index < -0.39 is 35.8 Å². The Labute approximate surface area is 205 Å². The predicted octanol–water partition coefficient (Wildman–Crippen LogP) is 1.20. The molecule has 2 amide bonds. The molecule has 2 atom stereocenters. The number of nitrogens with one attached hydrogen (secondary N) is 3. The van der Waals surface area contributed by atoms with Crippen molar-refractivity contribution in [2.24, 2.45) is 7.05 Å². The van der Waals surface area contributed by atoms with Crippen LogP contribution in [-0.4, -0.2) is 78.1 Å². The summed E-state index contributed by atoms with van der Waals surface area (Å²) in [5.74, 6) is -2.03. The number of fused-ring (bicyclic) bond motifs is 1. The van der Waals surface area contributed by atoms with E-state index in [0.717, 1.165) is 16.5 Å². The van der Waals surface area contributed by atoms with Gasteiger partial charge in [0.25, 0.3) is 0 Å². The lowest BCUT2D eigenvalue weighted by Gasteiger charge is -2.24. The number of aryl methyl sites for hydroxylation is 1. The van der Waals surface area contributed by atoms with Crippen LogP contribution in [-0.2, 0) is 37.4 Å². The van der Waals surface area contributed by atoms with Crippen LogP contribution < -0.4 is 10.6 Å². The molecule has 10 heteroatoms. The maximum absolute atomic E-state index is 13.3. The SMILES string of the molecule is CC(C)OC(=O)[C@H](CCC(=O)C=N)NC(=O)[C@H](Cc1cn(C)c2ccccc12)NC(=O)CN(C)C. The van der Waals surface area contributed by atoms with Gasteiger partial charge in [-0.25, -0.2) is 4.79 Å². The second-order valence-corrected chi connectivity index (χ2v) is 9.04. The van der Waals surface area contributed by atoms with Gasteiger partial charge in [0.05, 0.1) is 18.9 Å². The molecule has 1 heterocycles. The highest BCUT2D eigenvalue weighted by atomic mass is 16.5. The van der Waals surface area contributed by atoms with Crippen LogP contribution in [0.4, 0.5) is 0 Å². The Hall–Kier alpha value is -3.53. The summed E-state index contributed by atoms with van der Waals surface area (Å²) >= 11 is 0. The van der Waals surface area contributed by atoms with Crippen LogP contribution in [0.2, 0.25) is 0 Å². The van der Waals surface area contributed by atoms with E-state index in [1.165, 1.54) is 0 Å². The monoisotopic (exact) mass is 485 g/mol. The molecule has 1 aromatic carbocycles. The van der Waals surface area contributed by atoms with Crippen LogP contribution >= 0.6 is 0 Å². The third kappa shape index (κ3) is 8.32. The molecule has 0 bridgehead atoms. The highest BCUT2D eigenvalue weighted by molar-refractivity contribution is 6.26. The molecule has 0 spiro atoms. The van der Waals surface area contributed by atoms with Crippen LogP contribution in [0.1, 0.15) is 32.3 Å². The Bertz CT molecular complexity index is 1080. The summed E-state index contributed by atoms with van der Waals surface area (Å²) in [5, 5.41) is 13.5. The zero-order valence-electron chi connectivity index (χ0n) is 21.0.